The molecule has 0 amide bonds. The molecule has 0 aliphatic carbocycles. The van der Waals surface area contributed by atoms with E-state index in [0.29, 0.717) is 10.6 Å². The average Bonchev–Trinajstić information content (AvgIpc) is 2.99. The fraction of sp³-hybridized carbons (Fsp3) is 0.286. The third-order valence-corrected chi connectivity index (χ3v) is 5.50. The van der Waals surface area contributed by atoms with Gasteiger partial charge in [0.25, 0.3) is 0 Å². The Morgan fingerprint density at radius 1 is 1.55 bits per heavy atom. The topological polar surface area (TPSA) is 59.4 Å². The van der Waals surface area contributed by atoms with Crippen LogP contribution in [0.1, 0.15) is 20.9 Å². The molecule has 1 aromatic carbocycles. The first-order valence-electron chi connectivity index (χ1n) is 6.21. The zero-order valence-corrected chi connectivity index (χ0v) is 12.5. The van der Waals surface area contributed by atoms with E-state index in [1.807, 2.05) is 18.2 Å². The van der Waals surface area contributed by atoms with Crippen molar-refractivity contribution in [2.24, 2.45) is 0 Å². The summed E-state index contributed by atoms with van der Waals surface area (Å²) in [4.78, 5) is 15.6. The highest BCUT2D eigenvalue weighted by Gasteiger charge is 2.23. The number of rotatable bonds is 4. The first-order valence-corrected chi connectivity index (χ1v) is 8.02. The van der Waals surface area contributed by atoms with E-state index < -0.39 is 5.97 Å². The number of carboxylic acids is 1. The summed E-state index contributed by atoms with van der Waals surface area (Å²) >= 11 is 2.79. The third kappa shape index (κ3) is 2.66. The van der Waals surface area contributed by atoms with Crippen LogP contribution in [0, 0.1) is 6.92 Å². The Morgan fingerprint density at radius 3 is 3.05 bits per heavy atom. The van der Waals surface area contributed by atoms with Crippen molar-refractivity contribution in [3.05, 3.63) is 40.4 Å². The molecule has 20 heavy (non-hydrogen) atoms. The molecule has 1 unspecified atom stereocenters. The molecule has 3 rings (SSSR count). The second-order valence-corrected chi connectivity index (χ2v) is 6.83. The van der Waals surface area contributed by atoms with Crippen LogP contribution in [0.25, 0.3) is 0 Å². The Kier molecular flexibility index (Phi) is 3.67. The van der Waals surface area contributed by atoms with E-state index in [9.17, 15) is 4.79 Å². The molecule has 104 valence electrons. The number of aryl methyl sites for hydroxylation is 1. The molecule has 0 radical (unpaired) electrons. The molecule has 1 aliphatic heterocycles. The van der Waals surface area contributed by atoms with Crippen LogP contribution >= 0.6 is 23.1 Å². The largest absolute Gasteiger partial charge is 0.489 e. The number of ether oxygens (including phenoxy) is 1. The first-order chi connectivity index (χ1) is 9.63. The summed E-state index contributed by atoms with van der Waals surface area (Å²) < 4.78 is 6.64. The normalized spacial score (nSPS) is 16.8. The van der Waals surface area contributed by atoms with Gasteiger partial charge in [-0.15, -0.1) is 11.3 Å². The Bertz CT molecular complexity index is 629. The number of benzene rings is 1. The van der Waals surface area contributed by atoms with Crippen molar-refractivity contribution in [2.75, 3.05) is 5.75 Å². The van der Waals surface area contributed by atoms with Gasteiger partial charge in [-0.1, -0.05) is 30.0 Å². The lowest BCUT2D eigenvalue weighted by Crippen LogP contribution is -2.15. The summed E-state index contributed by atoms with van der Waals surface area (Å²) in [7, 11) is 0. The van der Waals surface area contributed by atoms with Crippen molar-refractivity contribution >= 4 is 29.1 Å². The Morgan fingerprint density at radius 2 is 2.35 bits per heavy atom. The summed E-state index contributed by atoms with van der Waals surface area (Å²) in [5.74, 6) is 0.830. The number of aromatic nitrogens is 1. The standard InChI is InChI=1S/C14H13NO3S2/c1-8-12(13(16)17)20-14(15-8)19-7-10-6-9-4-2-3-5-11(9)18-10/h2-5,10H,6-7H2,1H3,(H,16,17). The molecule has 1 aliphatic rings. The lowest BCUT2D eigenvalue weighted by atomic mass is 10.1. The van der Waals surface area contributed by atoms with Crippen LogP contribution in [0.15, 0.2) is 28.6 Å². The molecule has 6 heteroatoms. The monoisotopic (exact) mass is 307 g/mol. The minimum absolute atomic E-state index is 0.134. The van der Waals surface area contributed by atoms with Crippen LogP contribution in [-0.4, -0.2) is 27.9 Å². The van der Waals surface area contributed by atoms with Gasteiger partial charge >= 0.3 is 5.97 Å². The summed E-state index contributed by atoms with van der Waals surface area (Å²) in [6.07, 6.45) is 1.04. The zero-order chi connectivity index (χ0) is 14.1. The molecular formula is C14H13NO3S2. The lowest BCUT2D eigenvalue weighted by molar-refractivity contribution is 0.0701. The highest BCUT2D eigenvalue weighted by molar-refractivity contribution is 8.01. The van der Waals surface area contributed by atoms with Crippen molar-refractivity contribution in [2.45, 2.75) is 23.8 Å². The van der Waals surface area contributed by atoms with Gasteiger partial charge in [-0.25, -0.2) is 9.78 Å². The van der Waals surface area contributed by atoms with E-state index in [2.05, 4.69) is 11.1 Å². The van der Waals surface area contributed by atoms with Crippen LogP contribution in [-0.2, 0) is 6.42 Å². The second-order valence-electron chi connectivity index (χ2n) is 4.56. The number of aromatic carboxylic acids is 1. The quantitative estimate of drug-likeness (QED) is 0.879. The molecule has 0 saturated heterocycles. The van der Waals surface area contributed by atoms with E-state index in [1.54, 1.807) is 18.7 Å². The van der Waals surface area contributed by atoms with Crippen LogP contribution < -0.4 is 4.74 Å². The summed E-state index contributed by atoms with van der Waals surface area (Å²) in [6.45, 7) is 1.73. The van der Waals surface area contributed by atoms with Gasteiger partial charge in [-0.2, -0.15) is 0 Å². The molecule has 1 N–H and O–H groups in total. The van der Waals surface area contributed by atoms with Gasteiger partial charge in [0.15, 0.2) is 4.34 Å². The maximum Gasteiger partial charge on any atom is 0.347 e. The average molecular weight is 307 g/mol. The third-order valence-electron chi connectivity index (χ3n) is 3.08. The maximum absolute atomic E-state index is 11.0. The Labute approximate surface area is 124 Å². The van der Waals surface area contributed by atoms with Crippen LogP contribution in [0.3, 0.4) is 0 Å². The van der Waals surface area contributed by atoms with Crippen molar-refractivity contribution in [1.82, 2.24) is 4.98 Å². The number of hydrogen-bond acceptors (Lipinski definition) is 5. The van der Waals surface area contributed by atoms with Crippen LogP contribution in [0.4, 0.5) is 0 Å². The fourth-order valence-electron chi connectivity index (χ4n) is 2.14. The van der Waals surface area contributed by atoms with Gasteiger partial charge in [-0.05, 0) is 18.6 Å². The van der Waals surface area contributed by atoms with Crippen LogP contribution in [0.2, 0.25) is 0 Å². The second kappa shape index (κ2) is 5.46. The molecular weight excluding hydrogens is 294 g/mol. The molecule has 4 nitrogen and oxygen atoms in total. The molecule has 1 atom stereocenters. The predicted molar refractivity (Wildman–Crippen MR) is 79.1 cm³/mol. The van der Waals surface area contributed by atoms with Crippen molar-refractivity contribution in [3.63, 3.8) is 0 Å². The van der Waals surface area contributed by atoms with E-state index in [-0.39, 0.29) is 6.10 Å². The molecule has 2 aromatic rings. The van der Waals surface area contributed by atoms with Crippen molar-refractivity contribution in [3.8, 4) is 5.75 Å². The van der Waals surface area contributed by atoms with Crippen molar-refractivity contribution in [1.29, 1.82) is 0 Å². The number of thiazole rings is 1. The Balaban J connectivity index is 1.61. The van der Waals surface area contributed by atoms with Crippen LogP contribution in [0.5, 0.6) is 5.75 Å². The summed E-state index contributed by atoms with van der Waals surface area (Å²) in [5.41, 5.74) is 1.82. The number of fused-ring (bicyclic) bond motifs is 1. The van der Waals surface area contributed by atoms with Gasteiger partial charge in [0.05, 0.1) is 5.69 Å². The Hall–Kier alpha value is -1.53. The zero-order valence-electron chi connectivity index (χ0n) is 10.8. The molecule has 0 saturated carbocycles. The van der Waals surface area contributed by atoms with Crippen molar-refractivity contribution < 1.29 is 14.6 Å². The summed E-state index contributed by atoms with van der Waals surface area (Å²) in [6, 6.07) is 8.05. The van der Waals surface area contributed by atoms with Gasteiger partial charge in [-0.3, -0.25) is 0 Å². The lowest BCUT2D eigenvalue weighted by Gasteiger charge is -2.08. The summed E-state index contributed by atoms with van der Waals surface area (Å²) in [5, 5.41) is 9.01. The number of carbonyl (C=O) groups is 1. The highest BCUT2D eigenvalue weighted by atomic mass is 32.2. The number of thioether (sulfide) groups is 1. The minimum atomic E-state index is -0.906. The SMILES string of the molecule is Cc1nc(SCC2Cc3ccccc3O2)sc1C(=O)O. The van der Waals surface area contributed by atoms with E-state index in [0.717, 1.165) is 22.3 Å². The van der Waals surface area contributed by atoms with Gasteiger partial charge in [0.2, 0.25) is 0 Å². The molecule has 0 bridgehead atoms. The van der Waals surface area contributed by atoms with Gasteiger partial charge < -0.3 is 9.84 Å². The predicted octanol–water partition coefficient (Wildman–Crippen LogP) is 3.25. The number of hydrogen-bond donors (Lipinski definition) is 1. The minimum Gasteiger partial charge on any atom is -0.489 e. The first kappa shape index (κ1) is 13.5. The van der Waals surface area contributed by atoms with E-state index >= 15 is 0 Å². The fourth-order valence-corrected chi connectivity index (χ4v) is 4.19. The molecule has 0 spiro atoms. The highest BCUT2D eigenvalue weighted by Crippen LogP contribution is 2.33. The number of nitrogens with zero attached hydrogens (tertiary/aromatic N) is 1. The van der Waals surface area contributed by atoms with Gasteiger partial charge in [0, 0.05) is 12.2 Å². The smallest absolute Gasteiger partial charge is 0.347 e. The van der Waals surface area contributed by atoms with E-state index in [1.165, 1.54) is 16.9 Å². The van der Waals surface area contributed by atoms with Gasteiger partial charge in [0.1, 0.15) is 16.7 Å². The molecule has 1 aromatic heterocycles. The molecule has 0 fully saturated rings. The number of carboxylic acid groups (broad SMARTS) is 1. The maximum atomic E-state index is 11.0. The van der Waals surface area contributed by atoms with E-state index in [4.69, 9.17) is 9.84 Å². The molecule has 2 heterocycles. The number of para-hydroxylation sites is 1.